The van der Waals surface area contributed by atoms with Crippen LogP contribution >= 0.6 is 0 Å². The summed E-state index contributed by atoms with van der Waals surface area (Å²) in [4.78, 5) is 22.3. The lowest BCUT2D eigenvalue weighted by molar-refractivity contribution is -0.148. The highest BCUT2D eigenvalue weighted by Crippen LogP contribution is 2.41. The third-order valence-corrected chi connectivity index (χ3v) is 8.08. The second-order valence-corrected chi connectivity index (χ2v) is 11.2. The summed E-state index contributed by atoms with van der Waals surface area (Å²) in [7, 11) is -0.627. The van der Waals surface area contributed by atoms with Crippen LogP contribution in [-0.4, -0.2) is 62.9 Å². The van der Waals surface area contributed by atoms with Gasteiger partial charge in [-0.15, -0.1) is 0 Å². The molecule has 0 spiro atoms. The Balaban J connectivity index is 1.96. The van der Waals surface area contributed by atoms with E-state index in [2.05, 4.69) is 0 Å². The second-order valence-electron chi connectivity index (χ2n) is 8.93. The van der Waals surface area contributed by atoms with Crippen molar-refractivity contribution >= 4 is 21.8 Å². The molecule has 2 N–H and O–H groups in total. The minimum Gasteiger partial charge on any atom is -0.497 e. The van der Waals surface area contributed by atoms with Crippen LogP contribution in [0.2, 0.25) is 0 Å². The number of rotatable bonds is 15. The van der Waals surface area contributed by atoms with Gasteiger partial charge in [0, 0.05) is 0 Å². The number of hydrogen-bond donors (Lipinski definition) is 2. The minimum absolute atomic E-state index is 0.202. The Morgan fingerprint density at radius 3 is 1.69 bits per heavy atom. The topological polar surface area (TPSA) is 136 Å². The van der Waals surface area contributed by atoms with Crippen LogP contribution in [0.1, 0.15) is 29.5 Å². The molecule has 0 fully saturated rings. The van der Waals surface area contributed by atoms with E-state index in [1.807, 2.05) is 54.6 Å². The molecule has 1 unspecified atom stereocenters. The second kappa shape index (κ2) is 13.3. The van der Waals surface area contributed by atoms with Crippen molar-refractivity contribution in [2.24, 2.45) is 5.92 Å². The van der Waals surface area contributed by atoms with Crippen molar-refractivity contribution in [1.29, 1.82) is 0 Å². The zero-order valence-electron chi connectivity index (χ0n) is 21.8. The molecule has 208 valence electrons. The van der Waals surface area contributed by atoms with Crippen molar-refractivity contribution < 1.29 is 42.4 Å². The highest BCUT2D eigenvalue weighted by molar-refractivity contribution is 7.91. The lowest BCUT2D eigenvalue weighted by Gasteiger charge is -2.36. The van der Waals surface area contributed by atoms with Crippen LogP contribution < -0.4 is 9.47 Å². The maximum atomic E-state index is 12.9. The van der Waals surface area contributed by atoms with Gasteiger partial charge in [0.05, 0.1) is 44.7 Å². The number of carboxylic acid groups (broad SMARTS) is 2. The van der Waals surface area contributed by atoms with Crippen molar-refractivity contribution in [3.8, 4) is 11.5 Å². The molecular weight excluding hydrogens is 524 g/mol. The van der Waals surface area contributed by atoms with Crippen LogP contribution in [0.25, 0.3) is 0 Å². The van der Waals surface area contributed by atoms with Gasteiger partial charge >= 0.3 is 11.9 Å². The monoisotopic (exact) mass is 556 g/mol. The third-order valence-electron chi connectivity index (χ3n) is 6.43. The van der Waals surface area contributed by atoms with Crippen LogP contribution in [0.3, 0.4) is 0 Å². The smallest absolute Gasteiger partial charge is 0.307 e. The van der Waals surface area contributed by atoms with Gasteiger partial charge in [-0.3, -0.25) is 9.59 Å². The number of methoxy groups -OCH3 is 2. The first-order chi connectivity index (χ1) is 18.6. The van der Waals surface area contributed by atoms with Gasteiger partial charge < -0.3 is 24.4 Å². The first kappa shape index (κ1) is 29.7. The van der Waals surface area contributed by atoms with Gasteiger partial charge in [-0.25, -0.2) is 8.42 Å². The van der Waals surface area contributed by atoms with Crippen LogP contribution in [0.4, 0.5) is 0 Å². The van der Waals surface area contributed by atoms with Gasteiger partial charge in [0.25, 0.3) is 0 Å². The van der Waals surface area contributed by atoms with Crippen molar-refractivity contribution in [3.05, 3.63) is 95.6 Å². The van der Waals surface area contributed by atoms with E-state index in [0.29, 0.717) is 11.5 Å². The number of sulfone groups is 1. The molecule has 10 heteroatoms. The summed E-state index contributed by atoms with van der Waals surface area (Å²) in [6.45, 7) is -0.202. The molecule has 0 aliphatic heterocycles. The molecule has 0 aliphatic rings. The van der Waals surface area contributed by atoms with Crippen molar-refractivity contribution in [2.45, 2.75) is 18.4 Å². The number of hydrogen-bond acceptors (Lipinski definition) is 7. The molecule has 3 aromatic carbocycles. The molecule has 0 aromatic heterocycles. The molecule has 3 rings (SSSR count). The summed E-state index contributed by atoms with van der Waals surface area (Å²) < 4.78 is 42.9. The van der Waals surface area contributed by atoms with E-state index in [1.165, 1.54) is 0 Å². The third kappa shape index (κ3) is 7.58. The summed E-state index contributed by atoms with van der Waals surface area (Å²) in [6, 6.07) is 24.0. The zero-order valence-corrected chi connectivity index (χ0v) is 22.6. The van der Waals surface area contributed by atoms with Gasteiger partial charge in [-0.2, -0.15) is 0 Å². The fraction of sp³-hybridized carbons (Fsp3) is 0.310. The molecule has 0 aliphatic carbocycles. The van der Waals surface area contributed by atoms with E-state index in [9.17, 15) is 23.1 Å². The van der Waals surface area contributed by atoms with E-state index in [0.717, 1.165) is 16.7 Å². The average molecular weight is 557 g/mol. The highest BCUT2D eigenvalue weighted by Gasteiger charge is 2.38. The quantitative estimate of drug-likeness (QED) is 0.266. The normalized spacial score (nSPS) is 12.5. The van der Waals surface area contributed by atoms with Crippen molar-refractivity contribution in [2.75, 3.05) is 32.3 Å². The van der Waals surface area contributed by atoms with Crippen LogP contribution in [0.15, 0.2) is 78.9 Å². The maximum Gasteiger partial charge on any atom is 0.307 e. The van der Waals surface area contributed by atoms with E-state index in [1.54, 1.807) is 38.5 Å². The average Bonchev–Trinajstić information content (AvgIpc) is 2.94. The van der Waals surface area contributed by atoms with E-state index in [-0.39, 0.29) is 18.8 Å². The standard InChI is InChI=1S/C29H32O9S/c1-36-25-12-8-23(9-13-25)29(22-6-4-3-5-7-22,24-10-14-26(37-2)15-11-24)38-17-19-39(34,35)18-16-21(28(32)33)20-27(30)31/h3-15,21H,16-20H2,1-2H3,(H,30,31)(H,32,33). The Bertz CT molecular complexity index is 1290. The number of aliphatic carboxylic acids is 2. The lowest BCUT2D eigenvalue weighted by atomic mass is 9.80. The molecular formula is C29H32O9S. The van der Waals surface area contributed by atoms with E-state index in [4.69, 9.17) is 19.3 Å². The van der Waals surface area contributed by atoms with Gasteiger partial charge in [0.15, 0.2) is 9.84 Å². The van der Waals surface area contributed by atoms with Gasteiger partial charge in [0.1, 0.15) is 17.1 Å². The first-order valence-electron chi connectivity index (χ1n) is 12.2. The van der Waals surface area contributed by atoms with E-state index < -0.39 is 45.5 Å². The number of carboxylic acids is 2. The molecule has 0 saturated heterocycles. The number of benzene rings is 3. The molecule has 0 heterocycles. The van der Waals surface area contributed by atoms with Crippen LogP contribution in [0, 0.1) is 5.92 Å². The number of ether oxygens (including phenoxy) is 3. The largest absolute Gasteiger partial charge is 0.497 e. The SMILES string of the molecule is COc1ccc(C(OCCS(=O)(=O)CCC(CC(=O)O)C(=O)O)(c2ccccc2)c2ccc(OC)cc2)cc1. The Kier molecular flexibility index (Phi) is 10.1. The van der Waals surface area contributed by atoms with Crippen molar-refractivity contribution in [3.63, 3.8) is 0 Å². The van der Waals surface area contributed by atoms with Crippen LogP contribution in [0.5, 0.6) is 11.5 Å². The lowest BCUT2D eigenvalue weighted by Crippen LogP contribution is -2.35. The Morgan fingerprint density at radius 1 is 0.769 bits per heavy atom. The highest BCUT2D eigenvalue weighted by atomic mass is 32.2. The fourth-order valence-corrected chi connectivity index (χ4v) is 5.53. The summed E-state index contributed by atoms with van der Waals surface area (Å²) in [5.74, 6) is -3.49. The number of carbonyl (C=O) groups is 2. The molecule has 0 bridgehead atoms. The van der Waals surface area contributed by atoms with Gasteiger partial charge in [-0.1, -0.05) is 54.6 Å². The Morgan fingerprint density at radius 2 is 1.26 bits per heavy atom. The summed E-state index contributed by atoms with van der Waals surface area (Å²) in [5, 5.41) is 18.2. The maximum absolute atomic E-state index is 12.9. The Labute approximate surface area is 227 Å². The van der Waals surface area contributed by atoms with Crippen molar-refractivity contribution in [1.82, 2.24) is 0 Å². The fourth-order valence-electron chi connectivity index (χ4n) is 4.34. The molecule has 1 atom stereocenters. The zero-order chi connectivity index (χ0) is 28.5. The molecule has 9 nitrogen and oxygen atoms in total. The predicted octanol–water partition coefficient (Wildman–Crippen LogP) is 3.99. The molecule has 0 saturated carbocycles. The molecule has 39 heavy (non-hydrogen) atoms. The summed E-state index contributed by atoms with van der Waals surface area (Å²) >= 11 is 0. The summed E-state index contributed by atoms with van der Waals surface area (Å²) in [5.41, 5.74) is 1.06. The van der Waals surface area contributed by atoms with E-state index >= 15 is 0 Å². The predicted molar refractivity (Wildman–Crippen MR) is 145 cm³/mol. The molecule has 0 radical (unpaired) electrons. The van der Waals surface area contributed by atoms with Gasteiger partial charge in [0.2, 0.25) is 0 Å². The van der Waals surface area contributed by atoms with Gasteiger partial charge in [-0.05, 0) is 47.4 Å². The minimum atomic E-state index is -3.76. The molecule has 0 amide bonds. The summed E-state index contributed by atoms with van der Waals surface area (Å²) in [6.07, 6.45) is -0.946. The van der Waals surface area contributed by atoms with Crippen LogP contribution in [-0.2, 0) is 29.8 Å². The Hall–Kier alpha value is -3.89. The first-order valence-corrected chi connectivity index (χ1v) is 14.1. The molecule has 3 aromatic rings.